The van der Waals surface area contributed by atoms with Gasteiger partial charge in [0, 0.05) is 6.42 Å². The zero-order chi connectivity index (χ0) is 7.49. The van der Waals surface area contributed by atoms with Gasteiger partial charge in [-0.1, -0.05) is 13.3 Å². The average molecular weight is 138 g/mol. The Labute approximate surface area is 53.7 Å². The van der Waals surface area contributed by atoms with E-state index in [-0.39, 0.29) is 6.42 Å². The molecule has 0 radical (unpaired) electrons. The molecule has 0 saturated heterocycles. The zero-order valence-corrected chi connectivity index (χ0v) is 5.69. The molecule has 0 heterocycles. The first-order valence-electron chi connectivity index (χ1n) is 3.06. The molecule has 0 fully saturated rings. The fourth-order valence-corrected chi connectivity index (χ4v) is 0.542. The molecule has 9 heavy (non-hydrogen) atoms. The van der Waals surface area contributed by atoms with E-state index in [1.54, 1.807) is 6.92 Å². The van der Waals surface area contributed by atoms with E-state index < -0.39 is 12.0 Å². The number of aliphatic hydroxyl groups excluding tert-OH is 1. The first-order valence-corrected chi connectivity index (χ1v) is 3.06. The molecule has 0 aliphatic rings. The number of aliphatic hydroxyl groups is 1. The fraction of sp³-hybridized carbons (Fsp3) is 1.00. The monoisotopic (exact) mass is 138 g/mol. The minimum Gasteiger partial charge on any atom is -0.387 e. The quantitative estimate of drug-likeness (QED) is 0.630. The maximum Gasteiger partial charge on any atom is 0.273 e. The molecule has 1 unspecified atom stereocenters. The first kappa shape index (κ1) is 8.82. The van der Waals surface area contributed by atoms with E-state index in [9.17, 15) is 8.78 Å². The van der Waals surface area contributed by atoms with Crippen LogP contribution in [0.4, 0.5) is 8.78 Å². The third-order valence-corrected chi connectivity index (χ3v) is 1.19. The lowest BCUT2D eigenvalue weighted by Gasteiger charge is -2.17. The molecule has 1 atom stereocenters. The normalized spacial score (nSPS) is 15.7. The second-order valence-corrected chi connectivity index (χ2v) is 2.19. The van der Waals surface area contributed by atoms with Crippen LogP contribution in [0.5, 0.6) is 0 Å². The van der Waals surface area contributed by atoms with Gasteiger partial charge in [-0.3, -0.25) is 0 Å². The highest BCUT2D eigenvalue weighted by Crippen LogP contribution is 2.23. The van der Waals surface area contributed by atoms with Crippen molar-refractivity contribution in [1.29, 1.82) is 0 Å². The molecule has 1 nitrogen and oxygen atoms in total. The summed E-state index contributed by atoms with van der Waals surface area (Å²) < 4.78 is 24.6. The molecule has 0 amide bonds. The lowest BCUT2D eigenvalue weighted by atomic mass is 10.1. The van der Waals surface area contributed by atoms with Crippen LogP contribution in [-0.4, -0.2) is 17.1 Å². The van der Waals surface area contributed by atoms with Gasteiger partial charge in [-0.25, -0.2) is 8.78 Å². The maximum absolute atomic E-state index is 12.3. The van der Waals surface area contributed by atoms with Gasteiger partial charge in [-0.05, 0) is 6.92 Å². The van der Waals surface area contributed by atoms with Crippen molar-refractivity contribution in [2.75, 3.05) is 0 Å². The Morgan fingerprint density at radius 2 is 2.00 bits per heavy atom. The highest BCUT2D eigenvalue weighted by Gasteiger charge is 2.33. The van der Waals surface area contributed by atoms with Crippen molar-refractivity contribution in [1.82, 2.24) is 0 Å². The lowest BCUT2D eigenvalue weighted by molar-refractivity contribution is -0.105. The topological polar surface area (TPSA) is 20.2 Å². The summed E-state index contributed by atoms with van der Waals surface area (Å²) in [6, 6.07) is 0. The van der Waals surface area contributed by atoms with E-state index in [1.807, 2.05) is 0 Å². The van der Waals surface area contributed by atoms with Crippen molar-refractivity contribution < 1.29 is 13.9 Å². The van der Waals surface area contributed by atoms with Crippen LogP contribution in [0.3, 0.4) is 0 Å². The molecule has 0 aromatic rings. The number of halogens is 2. The van der Waals surface area contributed by atoms with Gasteiger partial charge < -0.3 is 5.11 Å². The van der Waals surface area contributed by atoms with Gasteiger partial charge in [0.1, 0.15) is 6.10 Å². The van der Waals surface area contributed by atoms with Gasteiger partial charge in [-0.2, -0.15) is 0 Å². The van der Waals surface area contributed by atoms with Crippen molar-refractivity contribution >= 4 is 0 Å². The number of hydrogen-bond acceptors (Lipinski definition) is 1. The highest BCUT2D eigenvalue weighted by atomic mass is 19.3. The van der Waals surface area contributed by atoms with Gasteiger partial charge in [-0.15, -0.1) is 0 Å². The standard InChI is InChI=1S/C6H12F2O/c1-3-4-6(7,8)5(2)9/h5,9H,3-4H2,1-2H3. The summed E-state index contributed by atoms with van der Waals surface area (Å²) in [6.45, 7) is 2.77. The van der Waals surface area contributed by atoms with Gasteiger partial charge in [0.25, 0.3) is 5.92 Å². The Bertz CT molecular complexity index is 81.1. The van der Waals surface area contributed by atoms with Crippen LogP contribution in [0.2, 0.25) is 0 Å². The molecular weight excluding hydrogens is 126 g/mol. The molecule has 3 heteroatoms. The van der Waals surface area contributed by atoms with Gasteiger partial charge in [0.15, 0.2) is 0 Å². The molecule has 1 N–H and O–H groups in total. The van der Waals surface area contributed by atoms with Gasteiger partial charge in [0.2, 0.25) is 0 Å². The molecule has 0 aliphatic carbocycles. The third kappa shape index (κ3) is 2.75. The number of alkyl halides is 2. The molecule has 0 aromatic carbocycles. The van der Waals surface area contributed by atoms with E-state index in [1.165, 1.54) is 0 Å². The second-order valence-electron chi connectivity index (χ2n) is 2.19. The highest BCUT2D eigenvalue weighted by molar-refractivity contribution is 4.70. The summed E-state index contributed by atoms with van der Waals surface area (Å²) in [5.74, 6) is -2.89. The molecule has 56 valence electrons. The maximum atomic E-state index is 12.3. The van der Waals surface area contributed by atoms with Crippen LogP contribution >= 0.6 is 0 Å². The molecule has 0 aliphatic heterocycles. The molecule has 0 saturated carbocycles. The molecule has 0 spiro atoms. The van der Waals surface area contributed by atoms with Gasteiger partial charge in [0.05, 0.1) is 0 Å². The van der Waals surface area contributed by atoms with E-state index in [0.29, 0.717) is 6.42 Å². The van der Waals surface area contributed by atoms with Crippen LogP contribution < -0.4 is 0 Å². The van der Waals surface area contributed by atoms with Crippen molar-refractivity contribution in [2.24, 2.45) is 0 Å². The zero-order valence-electron chi connectivity index (χ0n) is 5.69. The van der Waals surface area contributed by atoms with E-state index in [4.69, 9.17) is 5.11 Å². The Kier molecular flexibility index (Phi) is 3.04. The van der Waals surface area contributed by atoms with Crippen molar-refractivity contribution in [2.45, 2.75) is 38.7 Å². The predicted molar refractivity (Wildman–Crippen MR) is 31.5 cm³/mol. The smallest absolute Gasteiger partial charge is 0.273 e. The Hall–Kier alpha value is -0.180. The number of hydrogen-bond donors (Lipinski definition) is 1. The predicted octanol–water partition coefficient (Wildman–Crippen LogP) is 1.80. The average Bonchev–Trinajstić information content (AvgIpc) is 1.65. The van der Waals surface area contributed by atoms with E-state index in [2.05, 4.69) is 0 Å². The van der Waals surface area contributed by atoms with Crippen molar-refractivity contribution in [3.63, 3.8) is 0 Å². The summed E-state index contributed by atoms with van der Waals surface area (Å²) in [5.41, 5.74) is 0. The van der Waals surface area contributed by atoms with Crippen LogP contribution in [0.1, 0.15) is 26.7 Å². The summed E-state index contributed by atoms with van der Waals surface area (Å²) in [4.78, 5) is 0. The summed E-state index contributed by atoms with van der Waals surface area (Å²) in [6.07, 6.45) is -1.35. The Balaban J connectivity index is 3.70. The Morgan fingerprint density at radius 3 is 2.11 bits per heavy atom. The van der Waals surface area contributed by atoms with Crippen LogP contribution in [-0.2, 0) is 0 Å². The molecule has 0 aromatic heterocycles. The minimum absolute atomic E-state index is 0.231. The molecule has 0 bridgehead atoms. The van der Waals surface area contributed by atoms with E-state index in [0.717, 1.165) is 6.92 Å². The van der Waals surface area contributed by atoms with Crippen molar-refractivity contribution in [3.05, 3.63) is 0 Å². The fourth-order valence-electron chi connectivity index (χ4n) is 0.542. The first-order chi connectivity index (χ1) is 4.00. The number of rotatable bonds is 3. The molecular formula is C6H12F2O. The van der Waals surface area contributed by atoms with Crippen LogP contribution in [0.25, 0.3) is 0 Å². The SMILES string of the molecule is CCCC(F)(F)C(C)O. The summed E-state index contributed by atoms with van der Waals surface area (Å²) >= 11 is 0. The molecule has 0 rings (SSSR count). The lowest BCUT2D eigenvalue weighted by Crippen LogP contribution is -2.30. The van der Waals surface area contributed by atoms with Crippen molar-refractivity contribution in [3.8, 4) is 0 Å². The minimum atomic E-state index is -2.89. The summed E-state index contributed by atoms with van der Waals surface area (Å²) in [7, 11) is 0. The van der Waals surface area contributed by atoms with Crippen LogP contribution in [0.15, 0.2) is 0 Å². The van der Waals surface area contributed by atoms with E-state index >= 15 is 0 Å². The van der Waals surface area contributed by atoms with Gasteiger partial charge >= 0.3 is 0 Å². The van der Waals surface area contributed by atoms with Crippen LogP contribution in [0, 0.1) is 0 Å². The third-order valence-electron chi connectivity index (χ3n) is 1.19. The second kappa shape index (κ2) is 3.11. The Morgan fingerprint density at radius 1 is 1.56 bits per heavy atom. The largest absolute Gasteiger partial charge is 0.387 e. The summed E-state index contributed by atoms with van der Waals surface area (Å²) in [5, 5.41) is 8.46.